The van der Waals surface area contributed by atoms with Crippen LogP contribution in [0.2, 0.25) is 0 Å². The van der Waals surface area contributed by atoms with Crippen molar-refractivity contribution in [2.45, 2.75) is 26.2 Å². The summed E-state index contributed by atoms with van der Waals surface area (Å²) in [6.07, 6.45) is 7.10. The summed E-state index contributed by atoms with van der Waals surface area (Å²) in [6.45, 7) is 4.72. The number of methoxy groups -OCH3 is 1. The lowest BCUT2D eigenvalue weighted by atomic mass is 10.1. The number of amides is 1. The molecule has 1 N–H and O–H groups in total. The van der Waals surface area contributed by atoms with Crippen LogP contribution < -0.4 is 19.7 Å². The number of hydrogen-bond acceptors (Lipinski definition) is 4. The number of rotatable bonds is 7. The van der Waals surface area contributed by atoms with Crippen LogP contribution in [0.1, 0.15) is 31.7 Å². The fourth-order valence-corrected chi connectivity index (χ4v) is 3.33. The van der Waals surface area contributed by atoms with Crippen molar-refractivity contribution in [3.8, 4) is 11.5 Å². The minimum atomic E-state index is -0.168. The summed E-state index contributed by atoms with van der Waals surface area (Å²) in [5, 5.41) is 2.90. The Bertz CT molecular complexity index is 809. The summed E-state index contributed by atoms with van der Waals surface area (Å²) >= 11 is 0. The molecule has 0 spiro atoms. The predicted molar refractivity (Wildman–Crippen MR) is 114 cm³/mol. The number of nitrogens with zero attached hydrogens (tertiary/aromatic N) is 1. The van der Waals surface area contributed by atoms with Gasteiger partial charge < -0.3 is 19.7 Å². The Labute approximate surface area is 167 Å². The molecule has 0 radical (unpaired) electrons. The van der Waals surface area contributed by atoms with E-state index in [0.29, 0.717) is 18.1 Å². The Morgan fingerprint density at radius 3 is 2.50 bits per heavy atom. The molecule has 1 aliphatic rings. The molecule has 2 aromatic rings. The summed E-state index contributed by atoms with van der Waals surface area (Å²) in [4.78, 5) is 14.6. The van der Waals surface area contributed by atoms with Gasteiger partial charge in [0.25, 0.3) is 0 Å². The zero-order chi connectivity index (χ0) is 19.8. The number of carbonyl (C=O) groups is 1. The molecule has 148 valence electrons. The third kappa shape index (κ3) is 5.28. The van der Waals surface area contributed by atoms with Gasteiger partial charge in [-0.1, -0.05) is 6.07 Å². The van der Waals surface area contributed by atoms with E-state index in [1.807, 2.05) is 37.3 Å². The Kier molecular flexibility index (Phi) is 6.95. The monoisotopic (exact) mass is 380 g/mol. The van der Waals surface area contributed by atoms with E-state index in [4.69, 9.17) is 9.47 Å². The van der Waals surface area contributed by atoms with Gasteiger partial charge in [-0.15, -0.1) is 0 Å². The Balaban J connectivity index is 1.59. The van der Waals surface area contributed by atoms with Gasteiger partial charge in [0.15, 0.2) is 11.5 Å². The highest BCUT2D eigenvalue weighted by atomic mass is 16.5. The molecule has 0 aromatic heterocycles. The molecule has 5 heteroatoms. The number of ether oxygens (including phenoxy) is 2. The van der Waals surface area contributed by atoms with E-state index in [1.165, 1.54) is 31.0 Å². The van der Waals surface area contributed by atoms with Crippen LogP contribution in [0.25, 0.3) is 6.08 Å². The molecule has 5 nitrogen and oxygen atoms in total. The van der Waals surface area contributed by atoms with Crippen molar-refractivity contribution in [1.82, 2.24) is 0 Å². The number of benzene rings is 2. The van der Waals surface area contributed by atoms with Crippen molar-refractivity contribution >= 4 is 23.4 Å². The van der Waals surface area contributed by atoms with Gasteiger partial charge in [-0.25, -0.2) is 0 Å². The van der Waals surface area contributed by atoms with E-state index in [-0.39, 0.29) is 5.91 Å². The van der Waals surface area contributed by atoms with Gasteiger partial charge in [0.1, 0.15) is 0 Å². The SMILES string of the molecule is CCOc1ccc(/C=C/C(=O)Nc2ccc(N3CCCCC3)cc2)cc1OC. The summed E-state index contributed by atoms with van der Waals surface area (Å²) in [6, 6.07) is 13.6. The van der Waals surface area contributed by atoms with Crippen LogP contribution >= 0.6 is 0 Å². The van der Waals surface area contributed by atoms with Gasteiger partial charge >= 0.3 is 0 Å². The van der Waals surface area contributed by atoms with Crippen LogP contribution in [0.5, 0.6) is 11.5 Å². The average Bonchev–Trinajstić information content (AvgIpc) is 2.74. The summed E-state index contributed by atoms with van der Waals surface area (Å²) in [7, 11) is 1.60. The fraction of sp³-hybridized carbons (Fsp3) is 0.348. The van der Waals surface area contributed by atoms with Gasteiger partial charge in [0, 0.05) is 30.5 Å². The second kappa shape index (κ2) is 9.83. The van der Waals surface area contributed by atoms with E-state index in [0.717, 1.165) is 24.3 Å². The molecule has 0 saturated carbocycles. The topological polar surface area (TPSA) is 50.8 Å². The maximum atomic E-state index is 12.2. The molecule has 1 heterocycles. The highest BCUT2D eigenvalue weighted by Gasteiger charge is 2.10. The molecule has 3 rings (SSSR count). The Morgan fingerprint density at radius 2 is 1.82 bits per heavy atom. The van der Waals surface area contributed by atoms with Crippen molar-refractivity contribution < 1.29 is 14.3 Å². The molecular weight excluding hydrogens is 352 g/mol. The number of hydrogen-bond donors (Lipinski definition) is 1. The first kappa shape index (κ1) is 19.8. The normalized spacial score (nSPS) is 14.1. The number of piperidine rings is 1. The molecule has 0 aliphatic carbocycles. The lowest BCUT2D eigenvalue weighted by Crippen LogP contribution is -2.29. The smallest absolute Gasteiger partial charge is 0.248 e. The number of nitrogens with one attached hydrogen (secondary N) is 1. The lowest BCUT2D eigenvalue weighted by molar-refractivity contribution is -0.111. The summed E-state index contributed by atoms with van der Waals surface area (Å²) in [5.41, 5.74) is 2.88. The summed E-state index contributed by atoms with van der Waals surface area (Å²) in [5.74, 6) is 1.18. The number of anilines is 2. The lowest BCUT2D eigenvalue weighted by Gasteiger charge is -2.28. The number of carbonyl (C=O) groups excluding carboxylic acids is 1. The van der Waals surface area contributed by atoms with Crippen LogP contribution in [0, 0.1) is 0 Å². The molecule has 1 saturated heterocycles. The quantitative estimate of drug-likeness (QED) is 0.705. The second-order valence-electron chi connectivity index (χ2n) is 6.76. The van der Waals surface area contributed by atoms with Gasteiger partial charge in [-0.2, -0.15) is 0 Å². The first-order chi connectivity index (χ1) is 13.7. The van der Waals surface area contributed by atoms with Crippen LogP contribution in [0.15, 0.2) is 48.5 Å². The maximum Gasteiger partial charge on any atom is 0.248 e. The Hall–Kier alpha value is -2.95. The zero-order valence-corrected chi connectivity index (χ0v) is 16.6. The third-order valence-corrected chi connectivity index (χ3v) is 4.77. The zero-order valence-electron chi connectivity index (χ0n) is 16.6. The molecule has 0 unspecified atom stereocenters. The molecular formula is C23H28N2O3. The third-order valence-electron chi connectivity index (χ3n) is 4.77. The standard InChI is InChI=1S/C23H28N2O3/c1-3-28-21-13-7-18(17-22(21)27-2)8-14-23(26)24-19-9-11-20(12-10-19)25-15-5-4-6-16-25/h7-14,17H,3-6,15-16H2,1-2H3,(H,24,26)/b14-8+. The first-order valence-corrected chi connectivity index (χ1v) is 9.84. The highest BCUT2D eigenvalue weighted by molar-refractivity contribution is 6.02. The predicted octanol–water partition coefficient (Wildman–Crippen LogP) is 4.74. The molecule has 2 aromatic carbocycles. The van der Waals surface area contributed by atoms with Crippen LogP contribution in [-0.4, -0.2) is 32.7 Å². The van der Waals surface area contributed by atoms with E-state index in [2.05, 4.69) is 22.3 Å². The molecule has 0 atom stereocenters. The van der Waals surface area contributed by atoms with Crippen molar-refractivity contribution in [3.05, 3.63) is 54.1 Å². The maximum absolute atomic E-state index is 12.2. The van der Waals surface area contributed by atoms with Gasteiger partial charge in [0.2, 0.25) is 5.91 Å². The minimum absolute atomic E-state index is 0.168. The summed E-state index contributed by atoms with van der Waals surface area (Å²) < 4.78 is 10.8. The highest BCUT2D eigenvalue weighted by Crippen LogP contribution is 2.28. The van der Waals surface area contributed by atoms with Gasteiger partial charge in [-0.3, -0.25) is 4.79 Å². The van der Waals surface area contributed by atoms with Crippen molar-refractivity contribution in [2.75, 3.05) is 37.0 Å². The largest absolute Gasteiger partial charge is 0.493 e. The van der Waals surface area contributed by atoms with Crippen molar-refractivity contribution in [1.29, 1.82) is 0 Å². The van der Waals surface area contributed by atoms with E-state index in [1.54, 1.807) is 13.2 Å². The van der Waals surface area contributed by atoms with Crippen molar-refractivity contribution in [2.24, 2.45) is 0 Å². The van der Waals surface area contributed by atoms with E-state index < -0.39 is 0 Å². The Morgan fingerprint density at radius 1 is 1.07 bits per heavy atom. The second-order valence-corrected chi connectivity index (χ2v) is 6.76. The first-order valence-electron chi connectivity index (χ1n) is 9.84. The molecule has 0 bridgehead atoms. The van der Waals surface area contributed by atoms with Crippen LogP contribution in [-0.2, 0) is 4.79 Å². The van der Waals surface area contributed by atoms with Gasteiger partial charge in [0.05, 0.1) is 13.7 Å². The minimum Gasteiger partial charge on any atom is -0.493 e. The van der Waals surface area contributed by atoms with Crippen LogP contribution in [0.4, 0.5) is 11.4 Å². The van der Waals surface area contributed by atoms with Crippen LogP contribution in [0.3, 0.4) is 0 Å². The molecule has 28 heavy (non-hydrogen) atoms. The van der Waals surface area contributed by atoms with E-state index in [9.17, 15) is 4.79 Å². The average molecular weight is 380 g/mol. The molecule has 1 fully saturated rings. The molecule has 1 amide bonds. The molecule has 1 aliphatic heterocycles. The van der Waals surface area contributed by atoms with E-state index >= 15 is 0 Å². The fourth-order valence-electron chi connectivity index (χ4n) is 3.33. The van der Waals surface area contributed by atoms with Gasteiger partial charge in [-0.05, 0) is 74.2 Å². The van der Waals surface area contributed by atoms with Crippen molar-refractivity contribution in [3.63, 3.8) is 0 Å².